The molecule has 2 rings (SSSR count). The van der Waals surface area contributed by atoms with E-state index in [4.69, 9.17) is 5.73 Å². The third kappa shape index (κ3) is 1.70. The summed E-state index contributed by atoms with van der Waals surface area (Å²) in [5.41, 5.74) is 6.68. The molecule has 0 saturated heterocycles. The highest BCUT2D eigenvalue weighted by molar-refractivity contribution is 5.32. The molecule has 1 aliphatic rings. The Labute approximate surface area is 75.6 Å². The maximum absolute atomic E-state index is 12.3. The van der Waals surface area contributed by atoms with Crippen LogP contribution in [0.5, 0.6) is 0 Å². The maximum Gasteiger partial charge on any atom is 0.263 e. The summed E-state index contributed by atoms with van der Waals surface area (Å²) >= 11 is 0. The minimum Gasteiger partial charge on any atom is -0.327 e. The van der Waals surface area contributed by atoms with Crippen molar-refractivity contribution in [3.8, 4) is 0 Å². The summed E-state index contributed by atoms with van der Waals surface area (Å²) in [5, 5.41) is 0. The standard InChI is InChI=1S/C10H11F2N/c11-10(12)7-3-1-2-6(4-7)8-5-9(8)13/h1-4,8-10H,5,13H2. The molecule has 0 amide bonds. The van der Waals surface area contributed by atoms with E-state index in [1.165, 1.54) is 6.07 Å². The zero-order chi connectivity index (χ0) is 9.42. The lowest BCUT2D eigenvalue weighted by molar-refractivity contribution is 0.151. The summed E-state index contributed by atoms with van der Waals surface area (Å²) in [6, 6.07) is 6.71. The van der Waals surface area contributed by atoms with Crippen LogP contribution in [-0.2, 0) is 0 Å². The number of hydrogen-bond acceptors (Lipinski definition) is 1. The van der Waals surface area contributed by atoms with Crippen molar-refractivity contribution in [2.75, 3.05) is 0 Å². The van der Waals surface area contributed by atoms with E-state index in [9.17, 15) is 8.78 Å². The second-order valence-corrected chi connectivity index (χ2v) is 3.48. The van der Waals surface area contributed by atoms with Crippen molar-refractivity contribution in [2.24, 2.45) is 5.73 Å². The zero-order valence-corrected chi connectivity index (χ0v) is 7.08. The molecule has 2 N–H and O–H groups in total. The highest BCUT2D eigenvalue weighted by atomic mass is 19.3. The van der Waals surface area contributed by atoms with Gasteiger partial charge < -0.3 is 5.73 Å². The van der Waals surface area contributed by atoms with Gasteiger partial charge >= 0.3 is 0 Å². The Kier molecular flexibility index (Phi) is 2.04. The Hall–Kier alpha value is -0.960. The highest BCUT2D eigenvalue weighted by Gasteiger charge is 2.34. The third-order valence-corrected chi connectivity index (χ3v) is 2.43. The molecule has 2 unspecified atom stereocenters. The van der Waals surface area contributed by atoms with E-state index in [0.717, 1.165) is 12.0 Å². The molecule has 1 fully saturated rings. The van der Waals surface area contributed by atoms with Gasteiger partial charge in [-0.1, -0.05) is 18.2 Å². The van der Waals surface area contributed by atoms with Crippen LogP contribution in [0.25, 0.3) is 0 Å². The predicted molar refractivity (Wildman–Crippen MR) is 46.7 cm³/mol. The van der Waals surface area contributed by atoms with E-state index in [-0.39, 0.29) is 11.6 Å². The molecule has 1 aliphatic carbocycles. The number of alkyl halides is 2. The van der Waals surface area contributed by atoms with Crippen molar-refractivity contribution in [3.05, 3.63) is 35.4 Å². The monoisotopic (exact) mass is 183 g/mol. The van der Waals surface area contributed by atoms with E-state index in [2.05, 4.69) is 0 Å². The Morgan fingerprint density at radius 1 is 1.38 bits per heavy atom. The minimum absolute atomic E-state index is 0.0941. The number of rotatable bonds is 2. The third-order valence-electron chi connectivity index (χ3n) is 2.43. The molecule has 3 heteroatoms. The molecule has 0 aromatic heterocycles. The summed E-state index contributed by atoms with van der Waals surface area (Å²) in [4.78, 5) is 0. The fourth-order valence-electron chi connectivity index (χ4n) is 1.52. The average molecular weight is 183 g/mol. The van der Waals surface area contributed by atoms with Gasteiger partial charge in [0.15, 0.2) is 0 Å². The van der Waals surface area contributed by atoms with E-state index >= 15 is 0 Å². The Morgan fingerprint density at radius 3 is 2.62 bits per heavy atom. The topological polar surface area (TPSA) is 26.0 Å². The number of nitrogens with two attached hydrogens (primary N) is 1. The molecule has 1 aromatic rings. The molecule has 0 bridgehead atoms. The number of hydrogen-bond donors (Lipinski definition) is 1. The van der Waals surface area contributed by atoms with Crippen LogP contribution >= 0.6 is 0 Å². The van der Waals surface area contributed by atoms with Gasteiger partial charge in [0.25, 0.3) is 6.43 Å². The van der Waals surface area contributed by atoms with Crippen molar-refractivity contribution in [2.45, 2.75) is 24.8 Å². The van der Waals surface area contributed by atoms with Crippen LogP contribution in [0.15, 0.2) is 24.3 Å². The highest BCUT2D eigenvalue weighted by Crippen LogP contribution is 2.39. The molecule has 13 heavy (non-hydrogen) atoms. The smallest absolute Gasteiger partial charge is 0.263 e. The van der Waals surface area contributed by atoms with Crippen LogP contribution in [0.4, 0.5) is 8.78 Å². The molecular weight excluding hydrogens is 172 g/mol. The molecule has 0 aliphatic heterocycles. The lowest BCUT2D eigenvalue weighted by Gasteiger charge is -2.02. The first-order valence-corrected chi connectivity index (χ1v) is 4.32. The summed E-state index contributed by atoms with van der Waals surface area (Å²) in [6.07, 6.45) is -1.46. The average Bonchev–Trinajstić information content (AvgIpc) is 2.83. The Morgan fingerprint density at radius 2 is 2.08 bits per heavy atom. The minimum atomic E-state index is -2.38. The van der Waals surface area contributed by atoms with Gasteiger partial charge in [-0.15, -0.1) is 0 Å². The second-order valence-electron chi connectivity index (χ2n) is 3.48. The number of benzene rings is 1. The van der Waals surface area contributed by atoms with Crippen molar-refractivity contribution in [3.63, 3.8) is 0 Å². The first-order chi connectivity index (χ1) is 6.18. The normalized spacial score (nSPS) is 26.5. The van der Waals surface area contributed by atoms with Crippen molar-refractivity contribution in [1.82, 2.24) is 0 Å². The molecule has 70 valence electrons. The number of halogens is 2. The zero-order valence-electron chi connectivity index (χ0n) is 7.08. The summed E-state index contributed by atoms with van der Waals surface area (Å²) in [5.74, 6) is 0.304. The van der Waals surface area contributed by atoms with Crippen molar-refractivity contribution < 1.29 is 8.78 Å². The first-order valence-electron chi connectivity index (χ1n) is 4.32. The van der Waals surface area contributed by atoms with Crippen LogP contribution in [0.2, 0.25) is 0 Å². The van der Waals surface area contributed by atoms with E-state index in [0.29, 0.717) is 5.92 Å². The Balaban J connectivity index is 2.23. The van der Waals surface area contributed by atoms with E-state index in [1.54, 1.807) is 12.1 Å². The summed E-state index contributed by atoms with van der Waals surface area (Å²) in [7, 11) is 0. The Bertz CT molecular complexity index is 312. The lowest BCUT2D eigenvalue weighted by atomic mass is 10.1. The van der Waals surface area contributed by atoms with E-state index < -0.39 is 6.43 Å². The molecule has 1 saturated carbocycles. The van der Waals surface area contributed by atoms with Gasteiger partial charge in [0.2, 0.25) is 0 Å². The molecule has 2 atom stereocenters. The predicted octanol–water partition coefficient (Wildman–Crippen LogP) is 2.44. The molecule has 0 radical (unpaired) electrons. The summed E-state index contributed by atoms with van der Waals surface area (Å²) < 4.78 is 24.6. The van der Waals surface area contributed by atoms with Crippen molar-refractivity contribution >= 4 is 0 Å². The molecule has 1 aromatic carbocycles. The van der Waals surface area contributed by atoms with Gasteiger partial charge in [-0.05, 0) is 18.1 Å². The van der Waals surface area contributed by atoms with Gasteiger partial charge in [0.05, 0.1) is 0 Å². The van der Waals surface area contributed by atoms with Crippen LogP contribution in [0.3, 0.4) is 0 Å². The van der Waals surface area contributed by atoms with Crippen molar-refractivity contribution in [1.29, 1.82) is 0 Å². The SMILES string of the molecule is NC1CC1c1cccc(C(F)F)c1. The second kappa shape index (κ2) is 3.07. The first kappa shape index (κ1) is 8.63. The molecule has 0 spiro atoms. The molecule has 1 nitrogen and oxygen atoms in total. The van der Waals surface area contributed by atoms with Gasteiger partial charge in [0.1, 0.15) is 0 Å². The van der Waals surface area contributed by atoms with Crippen LogP contribution < -0.4 is 5.73 Å². The van der Waals surface area contributed by atoms with Crippen LogP contribution in [0, 0.1) is 0 Å². The lowest BCUT2D eigenvalue weighted by Crippen LogP contribution is -2.01. The summed E-state index contributed by atoms with van der Waals surface area (Å²) in [6.45, 7) is 0. The van der Waals surface area contributed by atoms with Crippen LogP contribution in [-0.4, -0.2) is 6.04 Å². The van der Waals surface area contributed by atoms with Gasteiger partial charge in [-0.2, -0.15) is 0 Å². The fourth-order valence-corrected chi connectivity index (χ4v) is 1.52. The molecular formula is C10H11F2N. The van der Waals surface area contributed by atoms with Gasteiger partial charge in [-0.3, -0.25) is 0 Å². The fraction of sp³-hybridized carbons (Fsp3) is 0.400. The quantitative estimate of drug-likeness (QED) is 0.748. The maximum atomic E-state index is 12.3. The van der Waals surface area contributed by atoms with Gasteiger partial charge in [0, 0.05) is 17.5 Å². The van der Waals surface area contributed by atoms with Gasteiger partial charge in [-0.25, -0.2) is 8.78 Å². The largest absolute Gasteiger partial charge is 0.327 e. The van der Waals surface area contributed by atoms with Crippen LogP contribution in [0.1, 0.15) is 29.9 Å². The molecule has 0 heterocycles. The van der Waals surface area contributed by atoms with E-state index in [1.807, 2.05) is 6.07 Å².